The fraction of sp³-hybridized carbons (Fsp3) is 0.524. The van der Waals surface area contributed by atoms with E-state index in [2.05, 4.69) is 18.7 Å². The molecule has 6 heteroatoms. The van der Waals surface area contributed by atoms with Gasteiger partial charge in [-0.3, -0.25) is 0 Å². The van der Waals surface area contributed by atoms with Crippen LogP contribution < -0.4 is 14.5 Å². The van der Waals surface area contributed by atoms with Crippen LogP contribution in [0.4, 0.5) is 17.5 Å². The smallest absolute Gasteiger partial charge is 0.231 e. The van der Waals surface area contributed by atoms with Crippen molar-refractivity contribution in [2.75, 3.05) is 37.0 Å². The number of halogens is 1. The molecule has 1 aromatic heterocycles. The van der Waals surface area contributed by atoms with Crippen molar-refractivity contribution in [3.8, 4) is 5.75 Å². The summed E-state index contributed by atoms with van der Waals surface area (Å²) in [5.74, 6) is 2.55. The Bertz CT molecular complexity index is 790. The van der Waals surface area contributed by atoms with E-state index in [0.717, 1.165) is 62.4 Å². The second-order valence-electron chi connectivity index (χ2n) is 6.99. The van der Waals surface area contributed by atoms with Crippen LogP contribution in [0.25, 0.3) is 0 Å². The summed E-state index contributed by atoms with van der Waals surface area (Å²) < 4.78 is 5.26. The number of benzene rings is 1. The number of nitrogens with zero attached hydrogens (tertiary/aromatic N) is 4. The van der Waals surface area contributed by atoms with Crippen molar-refractivity contribution in [3.63, 3.8) is 0 Å². The summed E-state index contributed by atoms with van der Waals surface area (Å²) in [6, 6.07) is 5.68. The van der Waals surface area contributed by atoms with Crippen LogP contribution in [0.5, 0.6) is 5.75 Å². The topological polar surface area (TPSA) is 41.5 Å². The number of anilines is 3. The van der Waals surface area contributed by atoms with Crippen molar-refractivity contribution < 1.29 is 4.74 Å². The molecule has 0 spiro atoms. The molecule has 0 unspecified atom stereocenters. The number of aryl methyl sites for hydroxylation is 1. The van der Waals surface area contributed by atoms with Crippen molar-refractivity contribution >= 4 is 29.1 Å². The zero-order valence-corrected chi connectivity index (χ0v) is 17.5. The summed E-state index contributed by atoms with van der Waals surface area (Å²) in [6.45, 7) is 6.47. The lowest BCUT2D eigenvalue weighted by atomic mass is 10.2. The van der Waals surface area contributed by atoms with E-state index in [0.29, 0.717) is 11.0 Å². The first kappa shape index (κ1) is 19.7. The van der Waals surface area contributed by atoms with Crippen LogP contribution in [0.2, 0.25) is 5.02 Å². The molecule has 0 N–H and O–H groups in total. The normalized spacial score (nSPS) is 12.8. The van der Waals surface area contributed by atoms with Crippen LogP contribution in [0.15, 0.2) is 18.2 Å². The molecule has 0 amide bonds. The second-order valence-corrected chi connectivity index (χ2v) is 7.40. The predicted molar refractivity (Wildman–Crippen MR) is 113 cm³/mol. The molecule has 1 aliphatic carbocycles. The zero-order chi connectivity index (χ0) is 19.4. The summed E-state index contributed by atoms with van der Waals surface area (Å²) in [5.41, 5.74) is 3.39. The van der Waals surface area contributed by atoms with Crippen LogP contribution in [0.1, 0.15) is 44.4 Å². The van der Waals surface area contributed by atoms with Gasteiger partial charge in [-0.15, -0.1) is 0 Å². The summed E-state index contributed by atoms with van der Waals surface area (Å²) >= 11 is 6.48. The molecule has 0 radical (unpaired) electrons. The van der Waals surface area contributed by atoms with Gasteiger partial charge in [0.25, 0.3) is 0 Å². The van der Waals surface area contributed by atoms with E-state index >= 15 is 0 Å². The highest BCUT2D eigenvalue weighted by Gasteiger charge is 2.24. The monoisotopic (exact) mass is 388 g/mol. The van der Waals surface area contributed by atoms with Crippen molar-refractivity contribution in [1.82, 2.24) is 9.97 Å². The molecule has 146 valence electrons. The lowest BCUT2D eigenvalue weighted by molar-refractivity contribution is 0.415. The van der Waals surface area contributed by atoms with Gasteiger partial charge in [-0.05, 0) is 44.2 Å². The Morgan fingerprint density at radius 1 is 1.11 bits per heavy atom. The molecule has 0 fully saturated rings. The quantitative estimate of drug-likeness (QED) is 0.635. The van der Waals surface area contributed by atoms with Crippen LogP contribution >= 0.6 is 11.6 Å². The van der Waals surface area contributed by atoms with Gasteiger partial charge in [-0.2, -0.15) is 4.98 Å². The molecule has 0 saturated heterocycles. The minimum absolute atomic E-state index is 0.626. The van der Waals surface area contributed by atoms with Gasteiger partial charge >= 0.3 is 0 Å². The minimum atomic E-state index is 0.626. The lowest BCUT2D eigenvalue weighted by Gasteiger charge is -2.27. The fourth-order valence-corrected chi connectivity index (χ4v) is 3.97. The maximum atomic E-state index is 6.48. The Morgan fingerprint density at radius 3 is 2.48 bits per heavy atom. The molecular formula is C21H29ClN4O. The molecular weight excluding hydrogens is 360 g/mol. The van der Waals surface area contributed by atoms with E-state index in [-0.39, 0.29) is 0 Å². The summed E-state index contributed by atoms with van der Waals surface area (Å²) in [7, 11) is 3.61. The minimum Gasteiger partial charge on any atom is -0.497 e. The molecule has 0 saturated carbocycles. The van der Waals surface area contributed by atoms with E-state index in [4.69, 9.17) is 26.3 Å². The summed E-state index contributed by atoms with van der Waals surface area (Å²) in [6.07, 6.45) is 5.46. The number of methoxy groups -OCH3 is 1. The number of hydrogen-bond acceptors (Lipinski definition) is 5. The van der Waals surface area contributed by atoms with E-state index < -0.39 is 0 Å². The third-order valence-electron chi connectivity index (χ3n) is 5.00. The maximum absolute atomic E-state index is 6.48. The Kier molecular flexibility index (Phi) is 6.42. The van der Waals surface area contributed by atoms with E-state index in [1.165, 1.54) is 11.3 Å². The average Bonchev–Trinajstić information content (AvgIpc) is 3.15. The van der Waals surface area contributed by atoms with Crippen LogP contribution in [-0.2, 0) is 12.8 Å². The van der Waals surface area contributed by atoms with Gasteiger partial charge in [-0.1, -0.05) is 25.4 Å². The summed E-state index contributed by atoms with van der Waals surface area (Å²) in [5, 5.41) is 0.626. The predicted octanol–water partition coefficient (Wildman–Crippen LogP) is 5.02. The first-order chi connectivity index (χ1) is 13.1. The van der Waals surface area contributed by atoms with Crippen molar-refractivity contribution in [2.24, 2.45) is 0 Å². The molecule has 3 rings (SSSR count). The largest absolute Gasteiger partial charge is 0.497 e. The molecule has 0 aliphatic heterocycles. The molecule has 1 heterocycles. The third kappa shape index (κ3) is 4.13. The van der Waals surface area contributed by atoms with E-state index in [1.54, 1.807) is 7.11 Å². The Labute approximate surface area is 167 Å². The van der Waals surface area contributed by atoms with E-state index in [9.17, 15) is 0 Å². The van der Waals surface area contributed by atoms with Crippen molar-refractivity contribution in [1.29, 1.82) is 0 Å². The molecule has 1 aliphatic rings. The van der Waals surface area contributed by atoms with Gasteiger partial charge in [-0.25, -0.2) is 4.98 Å². The van der Waals surface area contributed by atoms with Gasteiger partial charge in [0.2, 0.25) is 5.95 Å². The van der Waals surface area contributed by atoms with E-state index in [1.807, 2.05) is 30.1 Å². The fourth-order valence-electron chi connectivity index (χ4n) is 3.67. The first-order valence-electron chi connectivity index (χ1n) is 9.81. The standard InChI is InChI=1S/C21H29ClN4O/c1-5-12-26(13-6-2)20-16-8-7-9-18(16)23-21(24-20)25(3)19-11-10-15(27-4)14-17(19)22/h10-11,14H,5-9,12-13H2,1-4H3. The zero-order valence-electron chi connectivity index (χ0n) is 16.8. The molecule has 0 atom stereocenters. The Morgan fingerprint density at radius 2 is 1.85 bits per heavy atom. The first-order valence-corrected chi connectivity index (χ1v) is 10.2. The number of ether oxygens (including phenoxy) is 1. The number of fused-ring (bicyclic) bond motifs is 1. The Hall–Kier alpha value is -2.01. The highest BCUT2D eigenvalue weighted by atomic mass is 35.5. The third-order valence-corrected chi connectivity index (χ3v) is 5.31. The highest BCUT2D eigenvalue weighted by Crippen LogP contribution is 2.35. The second kappa shape index (κ2) is 8.79. The Balaban J connectivity index is 2.02. The molecule has 1 aromatic carbocycles. The van der Waals surface area contributed by atoms with Crippen molar-refractivity contribution in [2.45, 2.75) is 46.0 Å². The number of aromatic nitrogens is 2. The van der Waals surface area contributed by atoms with Crippen LogP contribution in [0.3, 0.4) is 0 Å². The van der Waals surface area contributed by atoms with Gasteiger partial charge in [0.1, 0.15) is 11.6 Å². The molecule has 2 aromatic rings. The lowest BCUT2D eigenvalue weighted by Crippen LogP contribution is -2.28. The highest BCUT2D eigenvalue weighted by molar-refractivity contribution is 6.33. The molecule has 27 heavy (non-hydrogen) atoms. The van der Waals surface area contributed by atoms with Gasteiger partial charge in [0.15, 0.2) is 0 Å². The average molecular weight is 389 g/mol. The van der Waals surface area contributed by atoms with Crippen LogP contribution in [-0.4, -0.2) is 37.2 Å². The van der Waals surface area contributed by atoms with Gasteiger partial charge < -0.3 is 14.5 Å². The molecule has 0 bridgehead atoms. The van der Waals surface area contributed by atoms with Gasteiger partial charge in [0.05, 0.1) is 23.5 Å². The molecule has 5 nitrogen and oxygen atoms in total. The number of hydrogen-bond donors (Lipinski definition) is 0. The summed E-state index contributed by atoms with van der Waals surface area (Å²) in [4.78, 5) is 14.3. The van der Waals surface area contributed by atoms with Crippen LogP contribution in [0, 0.1) is 0 Å². The van der Waals surface area contributed by atoms with Crippen molar-refractivity contribution in [3.05, 3.63) is 34.5 Å². The maximum Gasteiger partial charge on any atom is 0.231 e. The number of rotatable bonds is 8. The SMILES string of the molecule is CCCN(CCC)c1nc(N(C)c2ccc(OC)cc2Cl)nc2c1CCC2. The van der Waals surface area contributed by atoms with Gasteiger partial charge in [0, 0.05) is 31.8 Å².